The number of aromatic nitrogens is 2. The number of hydrogen-bond acceptors (Lipinski definition) is 6. The molecule has 1 aliphatic heterocycles. The minimum absolute atomic E-state index is 0.139. The molecule has 33 heavy (non-hydrogen) atoms. The highest BCUT2D eigenvalue weighted by atomic mass is 32.2. The molecule has 0 bridgehead atoms. The van der Waals surface area contributed by atoms with Crippen molar-refractivity contribution in [2.45, 2.75) is 19.9 Å². The third-order valence-corrected chi connectivity index (χ3v) is 7.72. The van der Waals surface area contributed by atoms with Crippen LogP contribution in [0.1, 0.15) is 13.3 Å². The Labute approximate surface area is 192 Å². The van der Waals surface area contributed by atoms with Crippen LogP contribution < -0.4 is 15.3 Å². The van der Waals surface area contributed by atoms with E-state index in [9.17, 15) is 18.0 Å². The molecule has 1 fully saturated rings. The van der Waals surface area contributed by atoms with Crippen molar-refractivity contribution in [3.63, 3.8) is 0 Å². The van der Waals surface area contributed by atoms with Gasteiger partial charge in [0.2, 0.25) is 15.9 Å². The molecular weight excluding hydrogens is 444 g/mol. The van der Waals surface area contributed by atoms with E-state index >= 15 is 0 Å². The van der Waals surface area contributed by atoms with Crippen LogP contribution in [0.25, 0.3) is 11.0 Å². The summed E-state index contributed by atoms with van der Waals surface area (Å²) >= 11 is 0. The molecule has 1 aliphatic rings. The van der Waals surface area contributed by atoms with Crippen LogP contribution in [0, 0.1) is 0 Å². The zero-order chi connectivity index (χ0) is 23.6. The molecule has 1 aromatic heterocycles. The van der Waals surface area contributed by atoms with Crippen LogP contribution in [-0.4, -0.2) is 66.8 Å². The minimum Gasteiger partial charge on any atom is -0.495 e. The topological polar surface area (TPSA) is 93.8 Å². The van der Waals surface area contributed by atoms with Gasteiger partial charge in [-0.15, -0.1) is 0 Å². The van der Waals surface area contributed by atoms with Crippen LogP contribution in [0.3, 0.4) is 0 Å². The Morgan fingerprint density at radius 2 is 1.61 bits per heavy atom. The van der Waals surface area contributed by atoms with Crippen molar-refractivity contribution in [1.82, 2.24) is 13.4 Å². The van der Waals surface area contributed by atoms with Crippen molar-refractivity contribution in [1.29, 1.82) is 0 Å². The predicted molar refractivity (Wildman–Crippen MR) is 127 cm³/mol. The molecular formula is C23H28N4O5S. The van der Waals surface area contributed by atoms with Gasteiger partial charge < -0.3 is 14.5 Å². The summed E-state index contributed by atoms with van der Waals surface area (Å²) in [6.45, 7) is 3.80. The Balaban J connectivity index is 1.55. The molecule has 176 valence electrons. The van der Waals surface area contributed by atoms with Gasteiger partial charge in [0.25, 0.3) is 0 Å². The van der Waals surface area contributed by atoms with Crippen molar-refractivity contribution in [3.05, 3.63) is 59.0 Å². The van der Waals surface area contributed by atoms with E-state index in [0.717, 1.165) is 15.4 Å². The third kappa shape index (κ3) is 4.35. The first kappa shape index (κ1) is 22.9. The smallest absolute Gasteiger partial charge is 0.343 e. The number of carbonyl (C=O) groups excluding carboxylic acids is 1. The second-order valence-electron chi connectivity index (χ2n) is 7.98. The molecule has 1 amide bonds. The summed E-state index contributed by atoms with van der Waals surface area (Å²) < 4.78 is 33.0. The Bertz CT molecular complexity index is 1320. The monoisotopic (exact) mass is 472 g/mol. The molecule has 0 atom stereocenters. The van der Waals surface area contributed by atoms with Gasteiger partial charge in [0, 0.05) is 26.2 Å². The quantitative estimate of drug-likeness (QED) is 0.520. The van der Waals surface area contributed by atoms with E-state index < -0.39 is 15.7 Å². The molecule has 0 spiro atoms. The summed E-state index contributed by atoms with van der Waals surface area (Å²) in [4.78, 5) is 30.0. The standard InChI is InChI=1S/C23H28N4O5S/c1-3-16-33(30,31)27-19-9-5-4-8-18(19)26(23(27)29)17-22(28)25-14-12-24(13-15-25)20-10-6-7-11-21(20)32-2/h4-11H,3,12-17H2,1-2H3. The van der Waals surface area contributed by atoms with Crippen molar-refractivity contribution in [2.75, 3.05) is 43.9 Å². The van der Waals surface area contributed by atoms with Crippen LogP contribution in [-0.2, 0) is 21.4 Å². The second-order valence-corrected chi connectivity index (χ2v) is 9.91. The van der Waals surface area contributed by atoms with Gasteiger partial charge >= 0.3 is 5.69 Å². The Morgan fingerprint density at radius 3 is 2.27 bits per heavy atom. The summed E-state index contributed by atoms with van der Waals surface area (Å²) in [5.41, 5.74) is 1.01. The summed E-state index contributed by atoms with van der Waals surface area (Å²) in [7, 11) is -2.18. The summed E-state index contributed by atoms with van der Waals surface area (Å²) in [6, 6.07) is 14.4. The van der Waals surface area contributed by atoms with E-state index in [-0.39, 0.29) is 18.2 Å². The highest BCUT2D eigenvalue weighted by molar-refractivity contribution is 7.90. The lowest BCUT2D eigenvalue weighted by molar-refractivity contribution is -0.132. The van der Waals surface area contributed by atoms with Crippen molar-refractivity contribution in [2.24, 2.45) is 0 Å². The van der Waals surface area contributed by atoms with Crippen molar-refractivity contribution < 1.29 is 17.9 Å². The highest BCUT2D eigenvalue weighted by Gasteiger charge is 2.27. The molecule has 3 aromatic rings. The number of piperazine rings is 1. The normalized spacial score (nSPS) is 14.6. The molecule has 4 rings (SSSR count). The van der Waals surface area contributed by atoms with E-state index in [1.807, 2.05) is 24.3 Å². The van der Waals surface area contributed by atoms with Gasteiger partial charge in [0.1, 0.15) is 12.3 Å². The molecule has 0 unspecified atom stereocenters. The lowest BCUT2D eigenvalue weighted by atomic mass is 10.2. The predicted octanol–water partition coefficient (Wildman–Crippen LogP) is 1.75. The number of methoxy groups -OCH3 is 1. The van der Waals surface area contributed by atoms with Gasteiger partial charge in [-0.2, -0.15) is 3.97 Å². The van der Waals surface area contributed by atoms with Crippen LogP contribution >= 0.6 is 0 Å². The number of rotatable bonds is 7. The zero-order valence-electron chi connectivity index (χ0n) is 18.8. The van der Waals surface area contributed by atoms with E-state index in [2.05, 4.69) is 4.90 Å². The highest BCUT2D eigenvalue weighted by Crippen LogP contribution is 2.28. The number of amides is 1. The number of para-hydroxylation sites is 4. The van der Waals surface area contributed by atoms with Crippen LogP contribution in [0.2, 0.25) is 0 Å². The number of hydrogen-bond donors (Lipinski definition) is 0. The van der Waals surface area contributed by atoms with Gasteiger partial charge in [-0.3, -0.25) is 9.36 Å². The Kier molecular flexibility index (Phi) is 6.46. The van der Waals surface area contributed by atoms with Crippen LogP contribution in [0.4, 0.5) is 5.69 Å². The average Bonchev–Trinajstić information content (AvgIpc) is 3.11. The maximum Gasteiger partial charge on any atom is 0.343 e. The molecule has 2 aromatic carbocycles. The van der Waals surface area contributed by atoms with E-state index in [1.165, 1.54) is 4.57 Å². The fourth-order valence-corrected chi connectivity index (χ4v) is 5.76. The first-order chi connectivity index (χ1) is 15.9. The Hall–Kier alpha value is -3.27. The first-order valence-corrected chi connectivity index (χ1v) is 12.6. The maximum atomic E-state index is 13.1. The SMILES string of the molecule is CCCS(=O)(=O)n1c(=O)n(CC(=O)N2CCN(c3ccccc3OC)CC2)c2ccccc21. The van der Waals surface area contributed by atoms with Crippen LogP contribution in [0.15, 0.2) is 53.3 Å². The number of carbonyl (C=O) groups is 1. The largest absolute Gasteiger partial charge is 0.495 e. The first-order valence-electron chi connectivity index (χ1n) is 11.0. The maximum absolute atomic E-state index is 13.1. The minimum atomic E-state index is -3.81. The number of imidazole rings is 1. The molecule has 0 radical (unpaired) electrons. The molecule has 0 saturated carbocycles. The molecule has 0 aliphatic carbocycles. The average molecular weight is 473 g/mol. The van der Waals surface area contributed by atoms with E-state index in [4.69, 9.17) is 4.74 Å². The third-order valence-electron chi connectivity index (χ3n) is 5.89. The number of fused-ring (bicyclic) bond motifs is 1. The number of ether oxygens (including phenoxy) is 1. The van der Waals surface area contributed by atoms with Gasteiger partial charge in [-0.05, 0) is 30.7 Å². The van der Waals surface area contributed by atoms with Crippen molar-refractivity contribution >= 4 is 32.7 Å². The number of anilines is 1. The number of nitrogens with zero attached hydrogens (tertiary/aromatic N) is 4. The molecule has 1 saturated heterocycles. The fourth-order valence-electron chi connectivity index (χ4n) is 4.27. The molecule has 0 N–H and O–H groups in total. The summed E-state index contributed by atoms with van der Waals surface area (Å²) in [5, 5.41) is 0. The van der Waals surface area contributed by atoms with Gasteiger partial charge in [-0.25, -0.2) is 13.2 Å². The molecule has 9 nitrogen and oxygen atoms in total. The Morgan fingerprint density at radius 1 is 0.970 bits per heavy atom. The molecule has 2 heterocycles. The zero-order valence-corrected chi connectivity index (χ0v) is 19.6. The number of benzene rings is 2. The van der Waals surface area contributed by atoms with Crippen LogP contribution in [0.5, 0.6) is 5.75 Å². The van der Waals surface area contributed by atoms with Crippen molar-refractivity contribution in [3.8, 4) is 5.75 Å². The summed E-state index contributed by atoms with van der Waals surface area (Å²) in [5.74, 6) is 0.428. The fraction of sp³-hybridized carbons (Fsp3) is 0.391. The van der Waals surface area contributed by atoms with E-state index in [0.29, 0.717) is 43.6 Å². The second kappa shape index (κ2) is 9.30. The van der Waals surface area contributed by atoms with Gasteiger partial charge in [0.05, 0.1) is 29.6 Å². The molecule has 10 heteroatoms. The van der Waals surface area contributed by atoms with Gasteiger partial charge in [-0.1, -0.05) is 31.2 Å². The summed E-state index contributed by atoms with van der Waals surface area (Å²) in [6.07, 6.45) is 0.393. The lowest BCUT2D eigenvalue weighted by Crippen LogP contribution is -2.50. The van der Waals surface area contributed by atoms with E-state index in [1.54, 1.807) is 43.2 Å². The lowest BCUT2D eigenvalue weighted by Gasteiger charge is -2.36. The van der Waals surface area contributed by atoms with Gasteiger partial charge in [0.15, 0.2) is 0 Å².